The molecule has 2 aliphatic heterocycles. The fourth-order valence-electron chi connectivity index (χ4n) is 5.89. The van der Waals surface area contributed by atoms with Crippen LogP contribution in [0.4, 0.5) is 19.0 Å². The predicted octanol–water partition coefficient (Wildman–Crippen LogP) is 3.89. The van der Waals surface area contributed by atoms with Crippen LogP contribution in [0.3, 0.4) is 0 Å². The van der Waals surface area contributed by atoms with Crippen LogP contribution in [-0.4, -0.2) is 44.0 Å². The second-order valence-corrected chi connectivity index (χ2v) is 10.2. The van der Waals surface area contributed by atoms with Crippen molar-refractivity contribution in [2.75, 3.05) is 24.6 Å². The van der Waals surface area contributed by atoms with Crippen molar-refractivity contribution in [3.8, 4) is 11.3 Å². The number of halogens is 3. The average Bonchev–Trinajstić information content (AvgIpc) is 3.63. The minimum absolute atomic E-state index is 0.00810. The predicted molar refractivity (Wildman–Crippen MR) is 134 cm³/mol. The van der Waals surface area contributed by atoms with Crippen LogP contribution < -0.4 is 10.5 Å². The highest BCUT2D eigenvalue weighted by molar-refractivity contribution is 5.93. The van der Waals surface area contributed by atoms with E-state index in [9.17, 15) is 13.6 Å². The van der Waals surface area contributed by atoms with Crippen molar-refractivity contribution >= 4 is 16.7 Å². The normalized spacial score (nSPS) is 20.2. The molecule has 0 bridgehead atoms. The van der Waals surface area contributed by atoms with Crippen molar-refractivity contribution in [1.82, 2.24) is 24.3 Å². The number of benzene rings is 1. The number of rotatable bonds is 3. The molecule has 0 spiro atoms. The summed E-state index contributed by atoms with van der Waals surface area (Å²) in [5.41, 5.74) is 1.04. The first-order valence-corrected chi connectivity index (χ1v) is 12.8. The van der Waals surface area contributed by atoms with Crippen molar-refractivity contribution in [2.45, 2.75) is 44.3 Å². The molecule has 3 aromatic heterocycles. The number of hydrogen-bond acceptors (Lipinski definition) is 6. The van der Waals surface area contributed by atoms with E-state index < -0.39 is 18.2 Å². The standard InChI is InChI=1S/C27H25F3N6O2/c1-34-13-15(12-31-34)20-14-35(9-10-38-20)22-11-18-25(32-21-3-2-8-36(21)26(18)37)24(33-22)17-4-5-19-16(23(17)28)6-7-27(19,29)30/h4-5,11-13,20H,2-3,6-10,14H2,1H3/t20-/m1/s1. The summed E-state index contributed by atoms with van der Waals surface area (Å²) in [6.07, 6.45) is 4.35. The molecule has 1 aliphatic carbocycles. The number of pyridine rings is 1. The molecule has 38 heavy (non-hydrogen) atoms. The van der Waals surface area contributed by atoms with Crippen LogP contribution in [0.2, 0.25) is 0 Å². The molecule has 1 aromatic carbocycles. The second-order valence-electron chi connectivity index (χ2n) is 10.2. The number of hydrogen-bond donors (Lipinski definition) is 0. The van der Waals surface area contributed by atoms with E-state index in [1.54, 1.807) is 21.5 Å². The zero-order chi connectivity index (χ0) is 26.2. The summed E-state index contributed by atoms with van der Waals surface area (Å²) < 4.78 is 53.8. The maximum Gasteiger partial charge on any atom is 0.273 e. The number of nitrogens with zero attached hydrogens (tertiary/aromatic N) is 6. The first kappa shape index (κ1) is 23.4. The maximum atomic E-state index is 15.8. The van der Waals surface area contributed by atoms with E-state index in [-0.39, 0.29) is 40.5 Å². The highest BCUT2D eigenvalue weighted by Gasteiger charge is 2.41. The van der Waals surface area contributed by atoms with Crippen LogP contribution in [-0.2, 0) is 37.1 Å². The van der Waals surface area contributed by atoms with E-state index in [2.05, 4.69) is 5.10 Å². The molecule has 7 rings (SSSR count). The van der Waals surface area contributed by atoms with Gasteiger partial charge in [-0.1, -0.05) is 6.07 Å². The van der Waals surface area contributed by atoms with Gasteiger partial charge in [0.05, 0.1) is 18.2 Å². The van der Waals surface area contributed by atoms with Gasteiger partial charge in [-0.3, -0.25) is 14.0 Å². The molecule has 3 aliphatic rings. The van der Waals surface area contributed by atoms with Crippen molar-refractivity contribution in [3.05, 3.63) is 69.3 Å². The second kappa shape index (κ2) is 8.39. The SMILES string of the molecule is Cn1cc([C@H]2CN(c3cc4c(=O)n5c(nc4c(-c4ccc6c(c4F)CCC6(F)F)n3)CCC5)CCO2)cn1. The Morgan fingerprint density at radius 3 is 2.84 bits per heavy atom. The zero-order valence-electron chi connectivity index (χ0n) is 20.8. The number of morpholine rings is 1. The lowest BCUT2D eigenvalue weighted by Gasteiger charge is -2.33. The van der Waals surface area contributed by atoms with E-state index in [1.165, 1.54) is 12.1 Å². The minimum Gasteiger partial charge on any atom is -0.370 e. The van der Waals surface area contributed by atoms with Crippen LogP contribution in [0, 0.1) is 5.82 Å². The highest BCUT2D eigenvalue weighted by Crippen LogP contribution is 2.45. The Labute approximate surface area is 215 Å². The first-order chi connectivity index (χ1) is 18.3. The summed E-state index contributed by atoms with van der Waals surface area (Å²) in [6.45, 7) is 1.99. The van der Waals surface area contributed by atoms with Gasteiger partial charge in [0, 0.05) is 62.4 Å². The molecule has 4 aromatic rings. The number of ether oxygens (including phenoxy) is 1. The van der Waals surface area contributed by atoms with Gasteiger partial charge < -0.3 is 9.64 Å². The molecule has 0 N–H and O–H groups in total. The van der Waals surface area contributed by atoms with Gasteiger partial charge in [0.2, 0.25) is 0 Å². The Bertz CT molecular complexity index is 1660. The van der Waals surface area contributed by atoms with E-state index >= 15 is 4.39 Å². The Morgan fingerprint density at radius 2 is 2.03 bits per heavy atom. The van der Waals surface area contributed by atoms with Crippen molar-refractivity contribution in [3.63, 3.8) is 0 Å². The van der Waals surface area contributed by atoms with Gasteiger partial charge in [0.25, 0.3) is 11.5 Å². The third-order valence-corrected chi connectivity index (χ3v) is 7.86. The summed E-state index contributed by atoms with van der Waals surface area (Å²) in [4.78, 5) is 25.1. The Balaban J connectivity index is 1.40. The van der Waals surface area contributed by atoms with E-state index in [0.717, 1.165) is 12.0 Å². The van der Waals surface area contributed by atoms with Gasteiger partial charge in [-0.25, -0.2) is 23.1 Å². The van der Waals surface area contributed by atoms with Crippen LogP contribution >= 0.6 is 0 Å². The largest absolute Gasteiger partial charge is 0.370 e. The lowest BCUT2D eigenvalue weighted by molar-refractivity contribution is -0.00186. The van der Waals surface area contributed by atoms with Crippen LogP contribution in [0.25, 0.3) is 22.2 Å². The zero-order valence-corrected chi connectivity index (χ0v) is 20.8. The smallest absolute Gasteiger partial charge is 0.273 e. The third-order valence-electron chi connectivity index (χ3n) is 7.86. The number of fused-ring (bicyclic) bond motifs is 3. The van der Waals surface area contributed by atoms with Gasteiger partial charge in [-0.15, -0.1) is 0 Å². The lowest BCUT2D eigenvalue weighted by Crippen LogP contribution is -2.39. The monoisotopic (exact) mass is 522 g/mol. The lowest BCUT2D eigenvalue weighted by atomic mass is 10.0. The number of aromatic nitrogens is 5. The fraction of sp³-hybridized carbons (Fsp3) is 0.407. The van der Waals surface area contributed by atoms with Crippen LogP contribution in [0.15, 0.2) is 35.4 Å². The molecule has 0 saturated carbocycles. The first-order valence-electron chi connectivity index (χ1n) is 12.8. The number of anilines is 1. The molecule has 5 heterocycles. The summed E-state index contributed by atoms with van der Waals surface area (Å²) >= 11 is 0. The molecule has 0 amide bonds. The molecule has 0 unspecified atom stereocenters. The molecule has 1 saturated heterocycles. The van der Waals surface area contributed by atoms with Gasteiger partial charge >= 0.3 is 0 Å². The third kappa shape index (κ3) is 3.55. The summed E-state index contributed by atoms with van der Waals surface area (Å²) in [5.74, 6) is -2.65. The van der Waals surface area contributed by atoms with Crippen LogP contribution in [0.5, 0.6) is 0 Å². The van der Waals surface area contributed by atoms with Crippen molar-refractivity contribution in [1.29, 1.82) is 0 Å². The topological polar surface area (TPSA) is 78.1 Å². The molecule has 11 heteroatoms. The molecule has 1 atom stereocenters. The fourth-order valence-corrected chi connectivity index (χ4v) is 5.89. The molecule has 8 nitrogen and oxygen atoms in total. The van der Waals surface area contributed by atoms with E-state index in [0.29, 0.717) is 55.2 Å². The summed E-state index contributed by atoms with van der Waals surface area (Å²) in [7, 11) is 1.83. The summed E-state index contributed by atoms with van der Waals surface area (Å²) in [6, 6.07) is 4.35. The van der Waals surface area contributed by atoms with E-state index in [1.807, 2.05) is 18.1 Å². The number of aryl methyl sites for hydroxylation is 2. The van der Waals surface area contributed by atoms with Gasteiger partial charge in [0.1, 0.15) is 34.8 Å². The Hall–Kier alpha value is -3.73. The summed E-state index contributed by atoms with van der Waals surface area (Å²) in [5, 5.41) is 4.57. The van der Waals surface area contributed by atoms with Crippen molar-refractivity contribution in [2.24, 2.45) is 7.05 Å². The average molecular weight is 523 g/mol. The van der Waals surface area contributed by atoms with Crippen molar-refractivity contribution < 1.29 is 17.9 Å². The molecular weight excluding hydrogens is 497 g/mol. The number of alkyl halides is 2. The molecule has 0 radical (unpaired) electrons. The van der Waals surface area contributed by atoms with E-state index in [4.69, 9.17) is 14.7 Å². The minimum atomic E-state index is -3.06. The molecular formula is C27H25F3N6O2. The van der Waals surface area contributed by atoms with Crippen LogP contribution in [0.1, 0.15) is 41.5 Å². The molecule has 196 valence electrons. The Morgan fingerprint density at radius 1 is 1.16 bits per heavy atom. The van der Waals surface area contributed by atoms with Gasteiger partial charge in [-0.05, 0) is 30.5 Å². The maximum absolute atomic E-state index is 15.8. The molecule has 1 fully saturated rings. The van der Waals surface area contributed by atoms with Gasteiger partial charge in [0.15, 0.2) is 0 Å². The highest BCUT2D eigenvalue weighted by atomic mass is 19.3. The Kier molecular flexibility index (Phi) is 5.16. The van der Waals surface area contributed by atoms with Gasteiger partial charge in [-0.2, -0.15) is 5.10 Å². The quantitative estimate of drug-likeness (QED) is 0.406.